The van der Waals surface area contributed by atoms with Crippen LogP contribution in [-0.4, -0.2) is 23.5 Å². The second kappa shape index (κ2) is 3.83. The molecule has 0 saturated carbocycles. The Balaban J connectivity index is 2.04. The van der Waals surface area contributed by atoms with E-state index in [1.807, 2.05) is 7.05 Å². The van der Waals surface area contributed by atoms with E-state index in [-0.39, 0.29) is 11.6 Å². The maximum atomic E-state index is 11.9. The summed E-state index contributed by atoms with van der Waals surface area (Å²) in [7, 11) is 2.01. The molecule has 17 heavy (non-hydrogen) atoms. The van der Waals surface area contributed by atoms with Gasteiger partial charge in [0.1, 0.15) is 0 Å². The third kappa shape index (κ3) is 1.56. The molecule has 0 spiro atoms. The number of Topliss-reactive ketones (excluding diaryl/α,β-unsaturated/α-hetero) is 2. The van der Waals surface area contributed by atoms with Crippen LogP contribution in [0.15, 0.2) is 22.5 Å². The summed E-state index contributed by atoms with van der Waals surface area (Å²) >= 11 is 0. The van der Waals surface area contributed by atoms with Crippen molar-refractivity contribution in [1.29, 1.82) is 0 Å². The summed E-state index contributed by atoms with van der Waals surface area (Å²) in [6.45, 7) is 0. The Kier molecular flexibility index (Phi) is 2.42. The van der Waals surface area contributed by atoms with Gasteiger partial charge >= 0.3 is 0 Å². The summed E-state index contributed by atoms with van der Waals surface area (Å²) in [5, 5.41) is 0. The molecular weight excluding hydrogens is 214 g/mol. The van der Waals surface area contributed by atoms with Gasteiger partial charge in [-0.2, -0.15) is 0 Å². The van der Waals surface area contributed by atoms with Gasteiger partial charge in [0.2, 0.25) is 0 Å². The largest absolute Gasteiger partial charge is 0.351 e. The first kappa shape index (κ1) is 10.8. The molecule has 0 N–H and O–H groups in total. The van der Waals surface area contributed by atoms with Gasteiger partial charge in [-0.1, -0.05) is 0 Å². The van der Waals surface area contributed by atoms with Gasteiger partial charge < -0.3 is 4.90 Å². The van der Waals surface area contributed by atoms with Crippen LogP contribution in [0.1, 0.15) is 44.9 Å². The fraction of sp³-hybridized carbons (Fsp3) is 0.571. The molecule has 0 radical (unpaired) electrons. The third-order valence-electron chi connectivity index (χ3n) is 4.17. The van der Waals surface area contributed by atoms with E-state index in [2.05, 4.69) is 4.90 Å². The number of carbonyl (C=O) groups excluding carboxylic acids is 2. The van der Waals surface area contributed by atoms with E-state index < -0.39 is 0 Å². The van der Waals surface area contributed by atoms with E-state index in [9.17, 15) is 9.59 Å². The van der Waals surface area contributed by atoms with Gasteiger partial charge in [0.15, 0.2) is 11.6 Å². The number of hydrogen-bond acceptors (Lipinski definition) is 3. The van der Waals surface area contributed by atoms with Crippen molar-refractivity contribution in [1.82, 2.24) is 4.90 Å². The summed E-state index contributed by atoms with van der Waals surface area (Å²) < 4.78 is 0. The molecule has 0 aromatic carbocycles. The van der Waals surface area contributed by atoms with Crippen LogP contribution in [0.25, 0.3) is 0 Å². The molecule has 0 fully saturated rings. The van der Waals surface area contributed by atoms with Gasteiger partial charge in [0.25, 0.3) is 0 Å². The zero-order valence-corrected chi connectivity index (χ0v) is 10.2. The van der Waals surface area contributed by atoms with Crippen LogP contribution in [-0.2, 0) is 9.59 Å². The number of hydrogen-bond donors (Lipinski definition) is 0. The molecule has 1 aliphatic heterocycles. The predicted molar refractivity (Wildman–Crippen MR) is 64.1 cm³/mol. The quantitative estimate of drug-likeness (QED) is 0.642. The topological polar surface area (TPSA) is 37.4 Å². The van der Waals surface area contributed by atoms with E-state index in [0.717, 1.165) is 36.8 Å². The van der Waals surface area contributed by atoms with E-state index >= 15 is 0 Å². The van der Waals surface area contributed by atoms with Crippen LogP contribution in [0.3, 0.4) is 0 Å². The van der Waals surface area contributed by atoms with E-state index in [4.69, 9.17) is 0 Å². The molecule has 3 nitrogen and oxygen atoms in total. The predicted octanol–water partition coefficient (Wildman–Crippen LogP) is 2.34. The third-order valence-corrected chi connectivity index (χ3v) is 4.17. The molecule has 0 saturated heterocycles. The second-order valence-corrected chi connectivity index (χ2v) is 5.14. The molecule has 90 valence electrons. The molecule has 3 rings (SSSR count). The average Bonchev–Trinajstić information content (AvgIpc) is 2.32. The fourth-order valence-corrected chi connectivity index (χ4v) is 3.24. The highest BCUT2D eigenvalue weighted by Crippen LogP contribution is 2.40. The van der Waals surface area contributed by atoms with Gasteiger partial charge in [-0.05, 0) is 25.7 Å². The molecule has 3 aliphatic rings. The van der Waals surface area contributed by atoms with Crippen LogP contribution in [0, 0.1) is 0 Å². The van der Waals surface area contributed by atoms with Crippen molar-refractivity contribution in [3.05, 3.63) is 22.5 Å². The maximum absolute atomic E-state index is 11.9. The van der Waals surface area contributed by atoms with Crippen LogP contribution >= 0.6 is 0 Å². The van der Waals surface area contributed by atoms with Crippen LogP contribution < -0.4 is 0 Å². The van der Waals surface area contributed by atoms with Crippen molar-refractivity contribution in [2.45, 2.75) is 44.9 Å². The van der Waals surface area contributed by atoms with Gasteiger partial charge in [-0.15, -0.1) is 0 Å². The number of nitrogens with zero attached hydrogens (tertiary/aromatic N) is 1. The van der Waals surface area contributed by atoms with E-state index in [1.165, 1.54) is 11.4 Å². The molecule has 0 bridgehead atoms. The normalized spacial score (nSPS) is 25.1. The number of ketones is 2. The highest BCUT2D eigenvalue weighted by atomic mass is 16.1. The van der Waals surface area contributed by atoms with Crippen molar-refractivity contribution >= 4 is 11.6 Å². The Morgan fingerprint density at radius 1 is 0.824 bits per heavy atom. The molecule has 0 amide bonds. The molecule has 2 aliphatic carbocycles. The lowest BCUT2D eigenvalue weighted by molar-refractivity contribution is -0.116. The lowest BCUT2D eigenvalue weighted by Gasteiger charge is -2.38. The van der Waals surface area contributed by atoms with Crippen molar-refractivity contribution < 1.29 is 9.59 Å². The number of carbonyl (C=O) groups is 2. The molecular formula is C14H17NO2. The lowest BCUT2D eigenvalue weighted by Crippen LogP contribution is -2.33. The SMILES string of the molecule is CN1C2=C(CC3=C1CCCC3=O)C(=O)CCC2. The van der Waals surface area contributed by atoms with Crippen molar-refractivity contribution in [2.75, 3.05) is 7.05 Å². The second-order valence-electron chi connectivity index (χ2n) is 5.14. The molecule has 1 heterocycles. The Labute approximate surface area is 101 Å². The minimum atomic E-state index is 0.253. The first-order chi connectivity index (χ1) is 8.18. The smallest absolute Gasteiger partial charge is 0.160 e. The first-order valence-electron chi connectivity index (χ1n) is 6.42. The lowest BCUT2D eigenvalue weighted by atomic mass is 9.81. The summed E-state index contributed by atoms with van der Waals surface area (Å²) in [6.07, 6.45) is 5.81. The fourth-order valence-electron chi connectivity index (χ4n) is 3.24. The Morgan fingerprint density at radius 2 is 1.29 bits per heavy atom. The Hall–Kier alpha value is -1.38. The minimum absolute atomic E-state index is 0.253. The van der Waals surface area contributed by atoms with E-state index in [1.54, 1.807) is 0 Å². The Morgan fingerprint density at radius 3 is 1.76 bits per heavy atom. The van der Waals surface area contributed by atoms with Gasteiger partial charge in [0, 0.05) is 48.9 Å². The Bertz CT molecular complexity index is 429. The first-order valence-corrected chi connectivity index (χ1v) is 6.42. The van der Waals surface area contributed by atoms with Gasteiger partial charge in [-0.25, -0.2) is 0 Å². The zero-order valence-electron chi connectivity index (χ0n) is 10.2. The maximum Gasteiger partial charge on any atom is 0.160 e. The minimum Gasteiger partial charge on any atom is -0.351 e. The highest BCUT2D eigenvalue weighted by Gasteiger charge is 2.34. The van der Waals surface area contributed by atoms with Crippen LogP contribution in [0.2, 0.25) is 0 Å². The molecule has 0 atom stereocenters. The average molecular weight is 231 g/mol. The zero-order chi connectivity index (χ0) is 12.0. The van der Waals surface area contributed by atoms with Crippen molar-refractivity contribution in [3.63, 3.8) is 0 Å². The van der Waals surface area contributed by atoms with Crippen LogP contribution in [0.5, 0.6) is 0 Å². The monoisotopic (exact) mass is 231 g/mol. The standard InChI is InChI=1S/C14H17NO2/c1-15-11-4-2-6-13(16)9(11)8-10-12(15)5-3-7-14(10)17/h2-8H2,1H3. The highest BCUT2D eigenvalue weighted by molar-refractivity contribution is 6.03. The van der Waals surface area contributed by atoms with Crippen molar-refractivity contribution in [3.8, 4) is 0 Å². The van der Waals surface area contributed by atoms with Crippen LogP contribution in [0.4, 0.5) is 0 Å². The number of rotatable bonds is 0. The van der Waals surface area contributed by atoms with Crippen molar-refractivity contribution in [2.24, 2.45) is 0 Å². The summed E-state index contributed by atoms with van der Waals surface area (Å²) in [5.74, 6) is 0.506. The molecule has 3 heteroatoms. The van der Waals surface area contributed by atoms with Gasteiger partial charge in [-0.3, -0.25) is 9.59 Å². The molecule has 0 unspecified atom stereocenters. The van der Waals surface area contributed by atoms with E-state index in [0.29, 0.717) is 19.3 Å². The summed E-state index contributed by atoms with van der Waals surface area (Å²) in [6, 6.07) is 0. The number of allylic oxidation sites excluding steroid dienone is 4. The van der Waals surface area contributed by atoms with Gasteiger partial charge in [0.05, 0.1) is 0 Å². The molecule has 0 aromatic rings. The summed E-state index contributed by atoms with van der Waals surface area (Å²) in [4.78, 5) is 26.0. The summed E-state index contributed by atoms with van der Waals surface area (Å²) in [5.41, 5.74) is 4.17. The molecule has 0 aromatic heterocycles.